The van der Waals surface area contributed by atoms with Gasteiger partial charge in [-0.3, -0.25) is 4.57 Å². The van der Waals surface area contributed by atoms with Crippen LogP contribution in [0, 0.1) is 6.33 Å². The van der Waals surface area contributed by atoms with Gasteiger partial charge < -0.3 is 23.0 Å². The first-order chi connectivity index (χ1) is 28.7. The van der Waals surface area contributed by atoms with Crippen molar-refractivity contribution in [2.45, 2.75) is 0 Å². The molecule has 0 saturated carbocycles. The third kappa shape index (κ3) is 4.74. The second-order valence-electron chi connectivity index (χ2n) is 14.7. The second-order valence-corrected chi connectivity index (χ2v) is 14.7. The molecule has 0 aliphatic heterocycles. The topological polar surface area (TPSA) is 45.7 Å². The van der Waals surface area contributed by atoms with Gasteiger partial charge in [0, 0.05) is 68.3 Å². The molecule has 0 atom stereocenters. The highest BCUT2D eigenvalue weighted by Gasteiger charge is 2.29. The van der Waals surface area contributed by atoms with Crippen LogP contribution in [0.2, 0.25) is 0 Å². The van der Waals surface area contributed by atoms with Gasteiger partial charge in [0.2, 0.25) is 6.33 Å². The summed E-state index contributed by atoms with van der Waals surface area (Å²) >= 11 is 0. The fraction of sp³-hybridized carbons (Fsp3) is 0.0196. The van der Waals surface area contributed by atoms with Gasteiger partial charge in [0.15, 0.2) is 0 Å². The number of benzene rings is 7. The van der Waals surface area contributed by atoms with E-state index in [-0.39, 0.29) is 0 Å². The SMILES string of the molecule is Cn1[c-][n+](-c2cccc(Oc3ccc4c5c6c7ccccc7n(-c7ccccc7)c6c6c(c7ccccc7n6-c6ccccc6)c5n(-c5ccccn5)c4c3)c2)cc1. The number of imidazole rings is 1. The monoisotopic (exact) mass is 746 g/mol. The Bertz CT molecular complexity index is 3540. The van der Waals surface area contributed by atoms with Gasteiger partial charge in [-0.2, -0.15) is 0 Å². The molecule has 7 heteroatoms. The molecule has 0 bridgehead atoms. The number of ether oxygens (including phenoxy) is 1. The number of aryl methyl sites for hydroxylation is 1. The van der Waals surface area contributed by atoms with Crippen molar-refractivity contribution < 1.29 is 9.30 Å². The maximum atomic E-state index is 6.71. The molecule has 274 valence electrons. The Labute approximate surface area is 333 Å². The zero-order valence-electron chi connectivity index (χ0n) is 31.5. The molecular formula is C51H34N6O. The number of para-hydroxylation sites is 4. The number of nitrogens with zero attached hydrogens (tertiary/aromatic N) is 6. The first kappa shape index (κ1) is 32.4. The zero-order chi connectivity index (χ0) is 38.3. The molecular weight excluding hydrogens is 713 g/mol. The van der Waals surface area contributed by atoms with E-state index in [1.165, 1.54) is 21.5 Å². The summed E-state index contributed by atoms with van der Waals surface area (Å²) in [5.41, 5.74) is 9.87. The summed E-state index contributed by atoms with van der Waals surface area (Å²) in [4.78, 5) is 5.03. The van der Waals surface area contributed by atoms with Crippen LogP contribution in [0.5, 0.6) is 11.5 Å². The van der Waals surface area contributed by atoms with Crippen LogP contribution in [0.3, 0.4) is 0 Å². The predicted molar refractivity (Wildman–Crippen MR) is 233 cm³/mol. The third-order valence-corrected chi connectivity index (χ3v) is 11.3. The minimum Gasteiger partial charge on any atom is -0.458 e. The summed E-state index contributed by atoms with van der Waals surface area (Å²) in [6, 6.07) is 59.9. The van der Waals surface area contributed by atoms with Crippen LogP contribution in [0.25, 0.3) is 88.3 Å². The fourth-order valence-electron chi connectivity index (χ4n) is 9.04. The van der Waals surface area contributed by atoms with Gasteiger partial charge in [-0.1, -0.05) is 91.0 Å². The summed E-state index contributed by atoms with van der Waals surface area (Å²) in [5, 5.41) is 7.01. The Kier molecular flexibility index (Phi) is 7.01. The average Bonchev–Trinajstić information content (AvgIpc) is 4.04. The van der Waals surface area contributed by atoms with E-state index < -0.39 is 0 Å². The van der Waals surface area contributed by atoms with Gasteiger partial charge in [-0.15, -0.1) is 0 Å². The standard InChI is InChI=1S/C51H34N6O/c1-53-29-30-54(33-53)36-19-14-20-37(31-36)58-38-26-27-41-44(32-38)57(45-25-12-13-28-52-45)49-46(41)47-39-21-8-10-23-42(39)55(34-15-4-2-5-16-34)50(47)51-48(49)40-22-9-11-24-43(40)56(51)35-17-6-3-7-18-35/h2-32H,1H3. The molecule has 12 rings (SSSR count). The smallest absolute Gasteiger partial charge is 0.243 e. The Morgan fingerprint density at radius 1 is 0.500 bits per heavy atom. The number of aromatic nitrogens is 6. The zero-order valence-corrected chi connectivity index (χ0v) is 31.5. The molecule has 12 aromatic rings. The van der Waals surface area contributed by atoms with Crippen LogP contribution in [0.15, 0.2) is 188 Å². The molecule has 0 saturated heterocycles. The fourth-order valence-corrected chi connectivity index (χ4v) is 9.04. The van der Waals surface area contributed by atoms with E-state index in [1.54, 1.807) is 0 Å². The first-order valence-electron chi connectivity index (χ1n) is 19.4. The van der Waals surface area contributed by atoms with E-state index in [0.717, 1.165) is 78.3 Å². The van der Waals surface area contributed by atoms with Crippen molar-refractivity contribution in [3.05, 3.63) is 195 Å². The number of hydrogen-bond donors (Lipinski definition) is 0. The molecule has 5 aromatic heterocycles. The lowest BCUT2D eigenvalue weighted by Gasteiger charge is -2.14. The van der Waals surface area contributed by atoms with Crippen LogP contribution >= 0.6 is 0 Å². The number of fused-ring (bicyclic) bond motifs is 12. The van der Waals surface area contributed by atoms with Crippen LogP contribution in [-0.4, -0.2) is 23.3 Å². The Morgan fingerprint density at radius 2 is 1.10 bits per heavy atom. The Balaban J connectivity index is 1.27. The van der Waals surface area contributed by atoms with Crippen molar-refractivity contribution in [2.24, 2.45) is 7.05 Å². The lowest BCUT2D eigenvalue weighted by molar-refractivity contribution is -0.599. The van der Waals surface area contributed by atoms with E-state index in [1.807, 2.05) is 59.0 Å². The first-order valence-corrected chi connectivity index (χ1v) is 19.4. The van der Waals surface area contributed by atoms with Crippen LogP contribution < -0.4 is 9.30 Å². The van der Waals surface area contributed by atoms with Gasteiger partial charge in [0.25, 0.3) is 0 Å². The predicted octanol–water partition coefficient (Wildman–Crippen LogP) is 11.6. The molecule has 0 spiro atoms. The Hall–Kier alpha value is -7.90. The largest absolute Gasteiger partial charge is 0.458 e. The Morgan fingerprint density at radius 3 is 1.78 bits per heavy atom. The summed E-state index contributed by atoms with van der Waals surface area (Å²) in [6.07, 6.45) is 9.13. The molecule has 5 heterocycles. The summed E-state index contributed by atoms with van der Waals surface area (Å²) in [5.74, 6) is 2.31. The lowest BCUT2D eigenvalue weighted by atomic mass is 10.0. The lowest BCUT2D eigenvalue weighted by Crippen LogP contribution is -2.27. The van der Waals surface area contributed by atoms with E-state index in [4.69, 9.17) is 9.72 Å². The molecule has 58 heavy (non-hydrogen) atoms. The summed E-state index contributed by atoms with van der Waals surface area (Å²) < 4.78 is 17.8. The molecule has 7 nitrogen and oxygen atoms in total. The highest BCUT2D eigenvalue weighted by atomic mass is 16.5. The van der Waals surface area contributed by atoms with Crippen molar-refractivity contribution in [1.29, 1.82) is 0 Å². The van der Waals surface area contributed by atoms with Crippen molar-refractivity contribution in [1.82, 2.24) is 23.3 Å². The highest BCUT2D eigenvalue weighted by molar-refractivity contribution is 6.40. The minimum atomic E-state index is 0.734. The van der Waals surface area contributed by atoms with Gasteiger partial charge in [0.1, 0.15) is 17.3 Å². The number of pyridine rings is 1. The number of hydrogen-bond acceptors (Lipinski definition) is 2. The van der Waals surface area contributed by atoms with E-state index in [0.29, 0.717) is 0 Å². The van der Waals surface area contributed by atoms with E-state index in [9.17, 15) is 0 Å². The normalized spacial score (nSPS) is 11.9. The number of rotatable bonds is 6. The molecule has 0 unspecified atom stereocenters. The van der Waals surface area contributed by atoms with Gasteiger partial charge in [-0.05, 0) is 72.8 Å². The van der Waals surface area contributed by atoms with Crippen LogP contribution in [0.1, 0.15) is 0 Å². The third-order valence-electron chi connectivity index (χ3n) is 11.3. The summed E-state index contributed by atoms with van der Waals surface area (Å²) in [6.45, 7) is 0. The molecule has 0 fully saturated rings. The van der Waals surface area contributed by atoms with Gasteiger partial charge in [0.05, 0.1) is 45.8 Å². The van der Waals surface area contributed by atoms with Crippen LogP contribution in [0.4, 0.5) is 0 Å². The molecule has 0 radical (unpaired) electrons. The van der Waals surface area contributed by atoms with E-state index >= 15 is 0 Å². The maximum absolute atomic E-state index is 6.71. The molecule has 0 aliphatic rings. The van der Waals surface area contributed by atoms with Gasteiger partial charge in [-0.25, -0.2) is 4.98 Å². The second kappa shape index (κ2) is 12.6. The van der Waals surface area contributed by atoms with Crippen LogP contribution in [-0.2, 0) is 7.05 Å². The van der Waals surface area contributed by atoms with Crippen molar-refractivity contribution in [3.8, 4) is 34.4 Å². The minimum absolute atomic E-state index is 0.734. The maximum Gasteiger partial charge on any atom is 0.243 e. The van der Waals surface area contributed by atoms with Gasteiger partial charge >= 0.3 is 0 Å². The molecule has 0 amide bonds. The molecule has 0 aliphatic carbocycles. The van der Waals surface area contributed by atoms with Crippen molar-refractivity contribution in [2.75, 3.05) is 0 Å². The van der Waals surface area contributed by atoms with Crippen molar-refractivity contribution in [3.63, 3.8) is 0 Å². The highest BCUT2D eigenvalue weighted by Crippen LogP contribution is 2.50. The quantitative estimate of drug-likeness (QED) is 0.126. The molecule has 0 N–H and O–H groups in total. The molecule has 7 aromatic carbocycles. The average molecular weight is 747 g/mol. The van der Waals surface area contributed by atoms with E-state index in [2.05, 4.69) is 166 Å². The summed E-state index contributed by atoms with van der Waals surface area (Å²) in [7, 11) is 1.97. The van der Waals surface area contributed by atoms with Crippen molar-refractivity contribution >= 4 is 65.4 Å².